The first-order chi connectivity index (χ1) is 14.5. The number of primary amides is 1. The Balaban J connectivity index is 2.37. The topological polar surface area (TPSA) is 158 Å². The van der Waals surface area contributed by atoms with Crippen LogP contribution >= 0.6 is 0 Å². The second-order valence-corrected chi connectivity index (χ2v) is 6.40. The van der Waals surface area contributed by atoms with E-state index in [4.69, 9.17) is 5.73 Å². The highest BCUT2D eigenvalue weighted by Crippen LogP contribution is 2.40. The second kappa shape index (κ2) is 7.75. The van der Waals surface area contributed by atoms with Gasteiger partial charge in [0.1, 0.15) is 17.1 Å². The molecule has 0 radical (unpaired) electrons. The number of phenolic OH excluding ortho intramolecular Hbond substituents is 1. The van der Waals surface area contributed by atoms with Gasteiger partial charge in [0.25, 0.3) is 5.91 Å². The number of hydrogen-bond donors (Lipinski definition) is 5. The van der Waals surface area contributed by atoms with Gasteiger partial charge in [-0.15, -0.1) is 0 Å². The number of aromatic carboxylic acids is 2. The molecule has 1 amide bonds. The standard InChI is InChI=1S/C21H13F2NO7/c22-12-3-1-9(6-13(12)23)8-2-4-14(25)10(5-8)11-7-15(26)17(21(30)31)18(19(24)27)16(11)20(28)29/h1-7,25-26H,(H2,24,27)(H,28,29)(H,30,31). The van der Waals surface area contributed by atoms with Crippen LogP contribution in [0.1, 0.15) is 31.1 Å². The number of aromatic hydroxyl groups is 2. The van der Waals surface area contributed by atoms with E-state index in [9.17, 15) is 43.6 Å². The second-order valence-electron chi connectivity index (χ2n) is 6.40. The molecule has 8 nitrogen and oxygen atoms in total. The lowest BCUT2D eigenvalue weighted by molar-refractivity contribution is 0.0686. The Morgan fingerprint density at radius 1 is 0.677 bits per heavy atom. The van der Waals surface area contributed by atoms with E-state index in [-0.39, 0.29) is 16.7 Å². The van der Waals surface area contributed by atoms with Crippen LogP contribution in [0.15, 0.2) is 42.5 Å². The molecule has 0 aliphatic heterocycles. The summed E-state index contributed by atoms with van der Waals surface area (Å²) < 4.78 is 26.8. The Bertz CT molecular complexity index is 1270. The average molecular weight is 429 g/mol. The summed E-state index contributed by atoms with van der Waals surface area (Å²) in [6.07, 6.45) is 0. The highest BCUT2D eigenvalue weighted by Gasteiger charge is 2.30. The molecule has 10 heteroatoms. The summed E-state index contributed by atoms with van der Waals surface area (Å²) in [5, 5.41) is 39.4. The number of hydrogen-bond acceptors (Lipinski definition) is 5. The summed E-state index contributed by atoms with van der Waals surface area (Å²) in [7, 11) is 0. The van der Waals surface area contributed by atoms with Crippen molar-refractivity contribution in [2.24, 2.45) is 5.73 Å². The maximum absolute atomic E-state index is 13.6. The van der Waals surface area contributed by atoms with Gasteiger partial charge in [-0.1, -0.05) is 12.1 Å². The van der Waals surface area contributed by atoms with E-state index in [0.717, 1.165) is 24.3 Å². The molecule has 0 heterocycles. The molecule has 158 valence electrons. The predicted octanol–water partition coefficient (Wildman–Crippen LogP) is 3.21. The lowest BCUT2D eigenvalue weighted by Gasteiger charge is -2.16. The van der Waals surface area contributed by atoms with Gasteiger partial charge in [-0.25, -0.2) is 18.4 Å². The minimum Gasteiger partial charge on any atom is -0.507 e. The van der Waals surface area contributed by atoms with Crippen molar-refractivity contribution in [3.05, 3.63) is 70.8 Å². The number of nitrogens with two attached hydrogens (primary N) is 1. The summed E-state index contributed by atoms with van der Waals surface area (Å²) in [6, 6.07) is 7.42. The third kappa shape index (κ3) is 3.73. The predicted molar refractivity (Wildman–Crippen MR) is 103 cm³/mol. The number of phenols is 2. The lowest BCUT2D eigenvalue weighted by atomic mass is 9.89. The maximum Gasteiger partial charge on any atom is 0.340 e. The number of carbonyl (C=O) groups excluding carboxylic acids is 1. The molecule has 0 atom stereocenters. The fourth-order valence-electron chi connectivity index (χ4n) is 3.17. The van der Waals surface area contributed by atoms with Crippen molar-refractivity contribution in [1.29, 1.82) is 0 Å². The molecule has 0 aliphatic rings. The lowest BCUT2D eigenvalue weighted by Crippen LogP contribution is -2.22. The van der Waals surface area contributed by atoms with Crippen molar-refractivity contribution in [2.75, 3.05) is 0 Å². The fourth-order valence-corrected chi connectivity index (χ4v) is 3.17. The fraction of sp³-hybridized carbons (Fsp3) is 0. The van der Waals surface area contributed by atoms with Crippen molar-refractivity contribution in [3.8, 4) is 33.8 Å². The molecule has 0 saturated carbocycles. The minimum absolute atomic E-state index is 0.179. The van der Waals surface area contributed by atoms with E-state index in [0.29, 0.717) is 0 Å². The van der Waals surface area contributed by atoms with Crippen molar-refractivity contribution in [3.63, 3.8) is 0 Å². The molecule has 0 aromatic heterocycles. The molecule has 0 spiro atoms. The number of carboxylic acids is 2. The van der Waals surface area contributed by atoms with Gasteiger partial charge in [0.05, 0.1) is 11.1 Å². The number of benzene rings is 3. The van der Waals surface area contributed by atoms with Crippen LogP contribution in [0.25, 0.3) is 22.3 Å². The zero-order valence-electron chi connectivity index (χ0n) is 15.4. The molecule has 0 aliphatic carbocycles. The quantitative estimate of drug-likeness (QED) is 0.416. The Morgan fingerprint density at radius 2 is 1.26 bits per heavy atom. The molecular formula is C21H13F2NO7. The molecule has 0 bridgehead atoms. The number of carboxylic acid groups (broad SMARTS) is 2. The molecule has 6 N–H and O–H groups in total. The molecule has 3 aromatic carbocycles. The van der Waals surface area contributed by atoms with Crippen LogP contribution in [0.2, 0.25) is 0 Å². The van der Waals surface area contributed by atoms with Gasteiger partial charge in [-0.2, -0.15) is 0 Å². The van der Waals surface area contributed by atoms with Crippen LogP contribution in [0.4, 0.5) is 8.78 Å². The van der Waals surface area contributed by atoms with E-state index in [2.05, 4.69) is 0 Å². The number of rotatable bonds is 5. The highest BCUT2D eigenvalue weighted by atomic mass is 19.2. The van der Waals surface area contributed by atoms with Crippen molar-refractivity contribution >= 4 is 17.8 Å². The van der Waals surface area contributed by atoms with Crippen LogP contribution in [0, 0.1) is 11.6 Å². The Labute approximate surface area is 172 Å². The van der Waals surface area contributed by atoms with Gasteiger partial charge in [-0.3, -0.25) is 4.79 Å². The Hall–Kier alpha value is -4.47. The SMILES string of the molecule is NC(=O)c1c(C(=O)O)c(O)cc(-c2cc(-c3ccc(F)c(F)c3)ccc2O)c1C(=O)O. The maximum atomic E-state index is 13.6. The first-order valence-electron chi connectivity index (χ1n) is 8.48. The summed E-state index contributed by atoms with van der Waals surface area (Å²) >= 11 is 0. The normalized spacial score (nSPS) is 10.6. The van der Waals surface area contributed by atoms with Gasteiger partial charge >= 0.3 is 11.9 Å². The van der Waals surface area contributed by atoms with Crippen LogP contribution in [0.3, 0.4) is 0 Å². The zero-order chi connectivity index (χ0) is 23.0. The molecule has 0 saturated heterocycles. The average Bonchev–Trinajstić information content (AvgIpc) is 2.69. The molecule has 3 aromatic rings. The highest BCUT2D eigenvalue weighted by molar-refractivity contribution is 6.15. The first-order valence-corrected chi connectivity index (χ1v) is 8.48. The summed E-state index contributed by atoms with van der Waals surface area (Å²) in [5.41, 5.74) is 2.11. The largest absolute Gasteiger partial charge is 0.507 e. The van der Waals surface area contributed by atoms with Gasteiger partial charge in [0, 0.05) is 11.1 Å². The van der Waals surface area contributed by atoms with Crippen LogP contribution in [0.5, 0.6) is 11.5 Å². The molecular weight excluding hydrogens is 416 g/mol. The third-order valence-corrected chi connectivity index (χ3v) is 4.52. The third-order valence-electron chi connectivity index (χ3n) is 4.52. The smallest absolute Gasteiger partial charge is 0.340 e. The molecule has 31 heavy (non-hydrogen) atoms. The van der Waals surface area contributed by atoms with Crippen molar-refractivity contribution in [1.82, 2.24) is 0 Å². The number of halogens is 2. The van der Waals surface area contributed by atoms with Crippen LogP contribution < -0.4 is 5.73 Å². The minimum atomic E-state index is -1.79. The van der Waals surface area contributed by atoms with E-state index in [1.807, 2.05) is 0 Å². The summed E-state index contributed by atoms with van der Waals surface area (Å²) in [6.45, 7) is 0. The van der Waals surface area contributed by atoms with Gasteiger partial charge in [0.2, 0.25) is 0 Å². The van der Waals surface area contributed by atoms with E-state index < -0.39 is 63.2 Å². The molecule has 3 rings (SSSR count). The molecule has 0 fully saturated rings. The Kier molecular flexibility index (Phi) is 5.31. The first kappa shape index (κ1) is 21.2. The summed E-state index contributed by atoms with van der Waals surface area (Å²) in [4.78, 5) is 35.2. The number of carbonyl (C=O) groups is 3. The number of amides is 1. The van der Waals surface area contributed by atoms with Crippen molar-refractivity contribution < 1.29 is 43.6 Å². The van der Waals surface area contributed by atoms with E-state index in [1.165, 1.54) is 18.2 Å². The monoisotopic (exact) mass is 429 g/mol. The van der Waals surface area contributed by atoms with Crippen molar-refractivity contribution in [2.45, 2.75) is 0 Å². The van der Waals surface area contributed by atoms with Gasteiger partial charge in [-0.05, 0) is 41.5 Å². The van der Waals surface area contributed by atoms with E-state index in [1.54, 1.807) is 0 Å². The molecule has 0 unspecified atom stereocenters. The van der Waals surface area contributed by atoms with Crippen LogP contribution in [-0.4, -0.2) is 38.3 Å². The summed E-state index contributed by atoms with van der Waals surface area (Å²) in [5.74, 6) is -8.65. The van der Waals surface area contributed by atoms with Gasteiger partial charge < -0.3 is 26.2 Å². The van der Waals surface area contributed by atoms with Gasteiger partial charge in [0.15, 0.2) is 11.6 Å². The Morgan fingerprint density at radius 3 is 1.81 bits per heavy atom. The van der Waals surface area contributed by atoms with Crippen LogP contribution in [-0.2, 0) is 0 Å². The van der Waals surface area contributed by atoms with E-state index >= 15 is 0 Å². The zero-order valence-corrected chi connectivity index (χ0v) is 15.4.